The Morgan fingerprint density at radius 2 is 1.86 bits per heavy atom. The largest absolute Gasteiger partial charge is 0.494 e. The Morgan fingerprint density at radius 3 is 2.41 bits per heavy atom. The van der Waals surface area contributed by atoms with E-state index in [2.05, 4.69) is 27.5 Å². The van der Waals surface area contributed by atoms with E-state index in [1.165, 1.54) is 18.2 Å². The molecule has 1 aliphatic rings. The Labute approximate surface area is 185 Å². The number of nitrogens with zero attached hydrogens (tertiary/aromatic N) is 1. The molecule has 0 radical (unpaired) electrons. The van der Waals surface area contributed by atoms with E-state index in [1.54, 1.807) is 25.1 Å². The number of hydrogen-bond acceptors (Lipinski definition) is 2. The van der Waals surface area contributed by atoms with Gasteiger partial charge in [-0.05, 0) is 42.3 Å². The average Bonchev–Trinajstić information content (AvgIpc) is 3.06. The van der Waals surface area contributed by atoms with E-state index in [1.807, 2.05) is 0 Å². The molecule has 29 heavy (non-hydrogen) atoms. The van der Waals surface area contributed by atoms with Crippen molar-refractivity contribution >= 4 is 44.8 Å². The molecule has 0 aromatic heterocycles. The van der Waals surface area contributed by atoms with Gasteiger partial charge >= 0.3 is 6.18 Å². The van der Waals surface area contributed by atoms with Crippen LogP contribution >= 0.6 is 39.1 Å². The third kappa shape index (κ3) is 4.65. The van der Waals surface area contributed by atoms with Gasteiger partial charge in [0.25, 0.3) is 0 Å². The molecule has 3 rings (SSSR count). The number of hydrogen-bond donors (Lipinski definition) is 0. The molecule has 0 spiro atoms. The summed E-state index contributed by atoms with van der Waals surface area (Å²) in [5.74, 6) is 0.580. The summed E-state index contributed by atoms with van der Waals surface area (Å²) < 4.78 is 48.7. The summed E-state index contributed by atoms with van der Waals surface area (Å²) in [5.41, 5.74) is -0.280. The predicted octanol–water partition coefficient (Wildman–Crippen LogP) is 7.50. The van der Waals surface area contributed by atoms with Crippen LogP contribution in [0.5, 0.6) is 0 Å². The van der Waals surface area contributed by atoms with E-state index in [4.69, 9.17) is 27.9 Å². The minimum atomic E-state index is -4.52. The molecule has 0 bridgehead atoms. The number of allylic oxidation sites excluding steroid dienone is 1. The maximum absolute atomic E-state index is 14.2. The molecule has 1 aliphatic heterocycles. The van der Waals surface area contributed by atoms with Gasteiger partial charge in [0.1, 0.15) is 12.0 Å². The molecule has 0 saturated heterocycles. The van der Waals surface area contributed by atoms with Crippen LogP contribution < -0.4 is 0 Å². The van der Waals surface area contributed by atoms with Crippen LogP contribution in [0.4, 0.5) is 13.2 Å². The van der Waals surface area contributed by atoms with Crippen LogP contribution in [0.2, 0.25) is 10.0 Å². The Hall–Kier alpha value is -1.50. The predicted molar refractivity (Wildman–Crippen MR) is 114 cm³/mol. The van der Waals surface area contributed by atoms with E-state index in [0.29, 0.717) is 23.6 Å². The SMILES string of the molecule is C=C(C)OCc1ccc(C2=NCC(c3cc(Cl)cc(Cl)c3)(C(F)(F)F)C2)cc1Br. The molecular formula is C21H17BrCl2F3NO. The molecule has 2 aromatic carbocycles. The highest BCUT2D eigenvalue weighted by molar-refractivity contribution is 9.10. The van der Waals surface area contributed by atoms with Crippen LogP contribution in [0.1, 0.15) is 30.0 Å². The van der Waals surface area contributed by atoms with Crippen molar-refractivity contribution in [2.45, 2.75) is 31.5 Å². The fourth-order valence-electron chi connectivity index (χ4n) is 3.24. The third-order valence-corrected chi connectivity index (χ3v) is 6.00. The minimum Gasteiger partial charge on any atom is -0.494 e. The number of halogens is 6. The van der Waals surface area contributed by atoms with Crippen molar-refractivity contribution in [3.63, 3.8) is 0 Å². The van der Waals surface area contributed by atoms with Crippen molar-refractivity contribution in [3.8, 4) is 0 Å². The van der Waals surface area contributed by atoms with Crippen molar-refractivity contribution in [2.24, 2.45) is 4.99 Å². The van der Waals surface area contributed by atoms with E-state index < -0.39 is 18.1 Å². The maximum Gasteiger partial charge on any atom is 0.400 e. The van der Waals surface area contributed by atoms with Crippen molar-refractivity contribution in [3.05, 3.63) is 79.9 Å². The second kappa shape index (κ2) is 8.32. The highest BCUT2D eigenvalue weighted by Gasteiger charge is 2.58. The van der Waals surface area contributed by atoms with Crippen molar-refractivity contribution in [1.29, 1.82) is 0 Å². The lowest BCUT2D eigenvalue weighted by Gasteiger charge is -2.31. The second-order valence-electron chi connectivity index (χ2n) is 6.97. The molecule has 2 aromatic rings. The number of rotatable bonds is 5. The summed E-state index contributed by atoms with van der Waals surface area (Å²) in [6, 6.07) is 9.34. The Kier molecular flexibility index (Phi) is 6.37. The van der Waals surface area contributed by atoms with E-state index in [9.17, 15) is 13.2 Å². The summed E-state index contributed by atoms with van der Waals surface area (Å²) in [5, 5.41) is 0.323. The standard InChI is InChI=1S/C21H17BrCl2F3NO/c1-12(2)29-10-14-4-3-13(5-18(14)22)19-9-20(11-28-19,21(25,26)27)15-6-16(23)8-17(24)7-15/h3-8H,1,9-11H2,2H3. The first-order valence-corrected chi connectivity index (χ1v) is 10.2. The zero-order valence-corrected chi connectivity index (χ0v) is 18.5. The molecule has 1 unspecified atom stereocenters. The van der Waals surface area contributed by atoms with Crippen LogP contribution in [-0.4, -0.2) is 18.4 Å². The fraction of sp³-hybridized carbons (Fsp3) is 0.286. The van der Waals surface area contributed by atoms with E-state index >= 15 is 0 Å². The number of alkyl halides is 3. The molecule has 154 valence electrons. The Morgan fingerprint density at radius 1 is 1.21 bits per heavy atom. The highest BCUT2D eigenvalue weighted by Crippen LogP contribution is 2.48. The van der Waals surface area contributed by atoms with Crippen molar-refractivity contribution < 1.29 is 17.9 Å². The smallest absolute Gasteiger partial charge is 0.400 e. The van der Waals surface area contributed by atoms with Gasteiger partial charge in [-0.2, -0.15) is 13.2 Å². The van der Waals surface area contributed by atoms with Crippen molar-refractivity contribution in [1.82, 2.24) is 0 Å². The molecule has 8 heteroatoms. The van der Waals surface area contributed by atoms with Gasteiger partial charge in [0.2, 0.25) is 0 Å². The van der Waals surface area contributed by atoms with Gasteiger partial charge < -0.3 is 4.74 Å². The normalized spacial score (nSPS) is 19.2. The van der Waals surface area contributed by atoms with E-state index in [-0.39, 0.29) is 22.0 Å². The van der Waals surface area contributed by atoms with Gasteiger partial charge in [-0.3, -0.25) is 4.99 Å². The molecule has 1 atom stereocenters. The lowest BCUT2D eigenvalue weighted by Crippen LogP contribution is -2.43. The molecule has 0 saturated carbocycles. The lowest BCUT2D eigenvalue weighted by molar-refractivity contribution is -0.183. The van der Waals surface area contributed by atoms with Crippen LogP contribution in [0.3, 0.4) is 0 Å². The summed E-state index contributed by atoms with van der Waals surface area (Å²) in [6.45, 7) is 5.32. The summed E-state index contributed by atoms with van der Waals surface area (Å²) in [7, 11) is 0. The van der Waals surface area contributed by atoms with Crippen molar-refractivity contribution in [2.75, 3.05) is 6.54 Å². The minimum absolute atomic E-state index is 0.0202. The number of aliphatic imine (C=N–C) groups is 1. The Balaban J connectivity index is 1.93. The van der Waals surface area contributed by atoms with Crippen LogP contribution in [0.15, 0.2) is 58.2 Å². The average molecular weight is 507 g/mol. The zero-order chi connectivity index (χ0) is 21.4. The second-order valence-corrected chi connectivity index (χ2v) is 8.70. The zero-order valence-electron chi connectivity index (χ0n) is 15.4. The molecule has 0 amide bonds. The molecule has 1 heterocycles. The quantitative estimate of drug-likeness (QED) is 0.385. The van der Waals surface area contributed by atoms with Crippen LogP contribution in [-0.2, 0) is 16.8 Å². The summed E-state index contributed by atoms with van der Waals surface area (Å²) in [6.07, 6.45) is -4.81. The molecule has 0 fully saturated rings. The third-order valence-electron chi connectivity index (χ3n) is 4.83. The number of ether oxygens (including phenoxy) is 1. The molecule has 0 N–H and O–H groups in total. The van der Waals surface area contributed by atoms with Gasteiger partial charge in [0, 0.05) is 32.2 Å². The molecule has 2 nitrogen and oxygen atoms in total. The Bertz CT molecular complexity index is 970. The van der Waals surface area contributed by atoms with E-state index in [0.717, 1.165) is 10.0 Å². The summed E-state index contributed by atoms with van der Waals surface area (Å²) >= 11 is 15.4. The summed E-state index contributed by atoms with van der Waals surface area (Å²) in [4.78, 5) is 4.25. The van der Waals surface area contributed by atoms with Gasteiger partial charge in [-0.25, -0.2) is 0 Å². The maximum atomic E-state index is 14.2. The molecular weight excluding hydrogens is 490 g/mol. The fourth-order valence-corrected chi connectivity index (χ4v) is 4.26. The topological polar surface area (TPSA) is 21.6 Å². The first-order chi connectivity index (χ1) is 13.5. The van der Waals surface area contributed by atoms with Crippen LogP contribution in [0, 0.1) is 0 Å². The first-order valence-electron chi connectivity index (χ1n) is 8.65. The lowest BCUT2D eigenvalue weighted by atomic mass is 9.76. The highest BCUT2D eigenvalue weighted by atomic mass is 79.9. The number of benzene rings is 2. The first kappa shape index (κ1) is 22.2. The van der Waals surface area contributed by atoms with Crippen LogP contribution in [0.25, 0.3) is 0 Å². The van der Waals surface area contributed by atoms with Gasteiger partial charge in [-0.15, -0.1) is 0 Å². The van der Waals surface area contributed by atoms with Gasteiger partial charge in [-0.1, -0.05) is 57.8 Å². The van der Waals surface area contributed by atoms with Gasteiger partial charge in [0.15, 0.2) is 0 Å². The van der Waals surface area contributed by atoms with Gasteiger partial charge in [0.05, 0.1) is 12.3 Å². The monoisotopic (exact) mass is 505 g/mol. The molecule has 0 aliphatic carbocycles.